The van der Waals surface area contributed by atoms with Crippen molar-refractivity contribution in [3.8, 4) is 11.5 Å². The molecule has 0 radical (unpaired) electrons. The number of nitro benzene ring substituents is 1. The monoisotopic (exact) mass is 507 g/mol. The van der Waals surface area contributed by atoms with Gasteiger partial charge in [0.05, 0.1) is 43.5 Å². The van der Waals surface area contributed by atoms with E-state index >= 15 is 0 Å². The lowest BCUT2D eigenvalue weighted by Gasteiger charge is -2.25. The van der Waals surface area contributed by atoms with Gasteiger partial charge < -0.3 is 59.4 Å². The molecule has 1 aromatic rings. The van der Waals surface area contributed by atoms with E-state index in [1.165, 1.54) is 6.07 Å². The molecule has 0 unspecified atom stereocenters. The van der Waals surface area contributed by atoms with Crippen molar-refractivity contribution in [2.24, 2.45) is 0 Å². The number of rotatable bonds is 12. The van der Waals surface area contributed by atoms with E-state index in [-0.39, 0.29) is 31.1 Å². The number of aromatic hydroxyl groups is 1. The van der Waals surface area contributed by atoms with Crippen LogP contribution in [0.2, 0.25) is 0 Å². The van der Waals surface area contributed by atoms with E-state index in [0.29, 0.717) is 0 Å². The third kappa shape index (κ3) is 6.53. The van der Waals surface area contributed by atoms with Gasteiger partial charge in [-0.1, -0.05) is 0 Å². The molecule has 0 bridgehead atoms. The number of hydrogen-bond donors (Lipinski definition) is 7. The molecule has 3 rings (SSSR count). The molecule has 2 fully saturated rings. The topological polar surface area (TPSA) is 231 Å². The van der Waals surface area contributed by atoms with E-state index in [0.717, 1.165) is 12.1 Å². The van der Waals surface area contributed by atoms with Crippen molar-refractivity contribution in [2.75, 3.05) is 26.4 Å². The van der Waals surface area contributed by atoms with E-state index in [1.54, 1.807) is 0 Å². The second-order valence-corrected chi connectivity index (χ2v) is 8.05. The first-order valence-electron chi connectivity index (χ1n) is 10.8. The van der Waals surface area contributed by atoms with Crippen molar-refractivity contribution in [3.63, 3.8) is 0 Å². The summed E-state index contributed by atoms with van der Waals surface area (Å²) >= 11 is 0. The molecule has 0 aliphatic carbocycles. The summed E-state index contributed by atoms with van der Waals surface area (Å²) in [5.74, 6) is -0.491. The van der Waals surface area contributed by atoms with Crippen LogP contribution < -0.4 is 4.74 Å². The molecule has 7 N–H and O–H groups in total. The van der Waals surface area contributed by atoms with Gasteiger partial charge in [0.1, 0.15) is 36.6 Å². The average Bonchev–Trinajstić information content (AvgIpc) is 3.27. The van der Waals surface area contributed by atoms with Crippen molar-refractivity contribution in [1.29, 1.82) is 0 Å². The molecular weight excluding hydrogens is 478 g/mol. The molecule has 2 aliphatic rings. The number of nitrogens with zero attached hydrogens (tertiary/aromatic N) is 1. The lowest BCUT2D eigenvalue weighted by molar-refractivity contribution is -0.385. The molecule has 0 saturated carbocycles. The van der Waals surface area contributed by atoms with Gasteiger partial charge in [-0.15, -0.1) is 0 Å². The molecule has 198 valence electrons. The van der Waals surface area contributed by atoms with E-state index in [9.17, 15) is 45.9 Å². The second kappa shape index (κ2) is 12.2. The van der Waals surface area contributed by atoms with Crippen molar-refractivity contribution >= 4 is 5.69 Å². The first-order chi connectivity index (χ1) is 16.7. The second-order valence-electron chi connectivity index (χ2n) is 8.05. The standard InChI is InChI=1S/C20H29NO14/c22-6-13-15(25)17(27)19(34-13)32-8-10(33-20-18(28)16(26)14(7-23)35-20)3-4-31-12-2-1-9(21(29)30)5-11(12)24/h1-2,5,10,13-20,22-28H,3-4,6-8H2/t10-,13-,14-,15-,16-,17+,18+,19+,20+/m0/s1. The summed E-state index contributed by atoms with van der Waals surface area (Å²) in [5.41, 5.74) is -0.327. The Balaban J connectivity index is 1.62. The minimum atomic E-state index is -1.48. The molecule has 2 aliphatic heterocycles. The molecule has 15 heteroatoms. The van der Waals surface area contributed by atoms with E-state index < -0.39 is 79.2 Å². The number of aliphatic hydroxyl groups excluding tert-OH is 6. The highest BCUT2D eigenvalue weighted by molar-refractivity contribution is 5.47. The smallest absolute Gasteiger partial charge is 0.273 e. The Labute approximate surface area is 198 Å². The number of non-ortho nitro benzene ring substituents is 1. The largest absolute Gasteiger partial charge is 0.504 e. The first kappa shape index (κ1) is 27.4. The quantitative estimate of drug-likeness (QED) is 0.113. The van der Waals surface area contributed by atoms with Crippen LogP contribution in [0.1, 0.15) is 6.42 Å². The summed E-state index contributed by atoms with van der Waals surface area (Å²) in [4.78, 5) is 10.1. The molecule has 0 spiro atoms. The number of phenolic OH excluding ortho intramolecular Hbond substituents is 1. The molecular formula is C20H29NO14. The predicted octanol–water partition coefficient (Wildman–Crippen LogP) is -2.65. The lowest BCUT2D eigenvalue weighted by Crippen LogP contribution is -2.39. The maximum atomic E-state index is 10.8. The SMILES string of the molecule is O=[N+]([O-])c1ccc(OCC[C@@H](CO[C@@H]2O[C@@H](CO)[C@H](O)[C@H]2O)O[C@@H]2O[C@@H](CO)[C@H](O)[C@H]2O)c(O)c1. The summed E-state index contributed by atoms with van der Waals surface area (Å²) in [5, 5.41) is 79.1. The number of ether oxygens (including phenoxy) is 5. The summed E-state index contributed by atoms with van der Waals surface area (Å²) in [7, 11) is 0. The Morgan fingerprint density at radius 2 is 1.57 bits per heavy atom. The van der Waals surface area contributed by atoms with Crippen LogP contribution in [0.4, 0.5) is 5.69 Å². The zero-order valence-corrected chi connectivity index (χ0v) is 18.4. The Bertz CT molecular complexity index is 842. The van der Waals surface area contributed by atoms with Gasteiger partial charge in [0, 0.05) is 12.5 Å². The Morgan fingerprint density at radius 3 is 2.11 bits per heavy atom. The van der Waals surface area contributed by atoms with Gasteiger partial charge in [-0.2, -0.15) is 0 Å². The number of hydrogen-bond acceptors (Lipinski definition) is 14. The average molecular weight is 507 g/mol. The van der Waals surface area contributed by atoms with Crippen molar-refractivity contribution in [1.82, 2.24) is 0 Å². The summed E-state index contributed by atoms with van der Waals surface area (Å²) in [6.45, 7) is -1.50. The van der Waals surface area contributed by atoms with Gasteiger partial charge in [-0.05, 0) is 6.07 Å². The molecule has 0 amide bonds. The van der Waals surface area contributed by atoms with Crippen molar-refractivity contribution < 1.29 is 64.4 Å². The fraction of sp³-hybridized carbons (Fsp3) is 0.700. The van der Waals surface area contributed by atoms with Crippen LogP contribution in [-0.2, 0) is 18.9 Å². The van der Waals surface area contributed by atoms with Gasteiger partial charge >= 0.3 is 0 Å². The molecule has 2 saturated heterocycles. The maximum absolute atomic E-state index is 10.8. The normalized spacial score (nSPS) is 33.7. The number of benzene rings is 1. The Kier molecular flexibility index (Phi) is 9.54. The highest BCUT2D eigenvalue weighted by Gasteiger charge is 2.45. The molecule has 9 atom stereocenters. The molecule has 2 heterocycles. The minimum Gasteiger partial charge on any atom is -0.504 e. The molecule has 0 aromatic heterocycles. The van der Waals surface area contributed by atoms with Crippen LogP contribution in [0.5, 0.6) is 11.5 Å². The predicted molar refractivity (Wildman–Crippen MR) is 111 cm³/mol. The maximum Gasteiger partial charge on any atom is 0.273 e. The third-order valence-corrected chi connectivity index (χ3v) is 5.62. The molecule has 15 nitrogen and oxygen atoms in total. The van der Waals surface area contributed by atoms with Crippen molar-refractivity contribution in [3.05, 3.63) is 28.3 Å². The Hall–Kier alpha value is -2.18. The van der Waals surface area contributed by atoms with Crippen LogP contribution in [0.3, 0.4) is 0 Å². The van der Waals surface area contributed by atoms with Gasteiger partial charge in [0.15, 0.2) is 24.1 Å². The van der Waals surface area contributed by atoms with Crippen LogP contribution in [0.25, 0.3) is 0 Å². The summed E-state index contributed by atoms with van der Waals surface area (Å²) < 4.78 is 27.1. The van der Waals surface area contributed by atoms with Gasteiger partial charge in [-0.25, -0.2) is 0 Å². The van der Waals surface area contributed by atoms with E-state index in [4.69, 9.17) is 23.7 Å². The van der Waals surface area contributed by atoms with Crippen LogP contribution in [-0.4, -0.2) is 122 Å². The van der Waals surface area contributed by atoms with Crippen LogP contribution in [0, 0.1) is 10.1 Å². The van der Waals surface area contributed by atoms with Crippen LogP contribution in [0.15, 0.2) is 18.2 Å². The number of aliphatic hydroxyl groups is 6. The Morgan fingerprint density at radius 1 is 0.971 bits per heavy atom. The minimum absolute atomic E-state index is 0.0355. The highest BCUT2D eigenvalue weighted by Crippen LogP contribution is 2.31. The van der Waals surface area contributed by atoms with Crippen LogP contribution >= 0.6 is 0 Å². The van der Waals surface area contributed by atoms with Crippen molar-refractivity contribution in [2.45, 2.75) is 61.7 Å². The molecule has 1 aromatic carbocycles. The van der Waals surface area contributed by atoms with E-state index in [1.807, 2.05) is 0 Å². The zero-order chi connectivity index (χ0) is 25.7. The van der Waals surface area contributed by atoms with Gasteiger partial charge in [-0.3, -0.25) is 10.1 Å². The lowest BCUT2D eigenvalue weighted by atomic mass is 10.1. The van der Waals surface area contributed by atoms with E-state index in [2.05, 4.69) is 0 Å². The number of nitro groups is 1. The van der Waals surface area contributed by atoms with Gasteiger partial charge in [0.2, 0.25) is 0 Å². The fourth-order valence-electron chi connectivity index (χ4n) is 3.61. The third-order valence-electron chi connectivity index (χ3n) is 5.62. The van der Waals surface area contributed by atoms with Gasteiger partial charge in [0.25, 0.3) is 5.69 Å². The zero-order valence-electron chi connectivity index (χ0n) is 18.4. The first-order valence-corrected chi connectivity index (χ1v) is 10.8. The summed E-state index contributed by atoms with van der Waals surface area (Å²) in [6.07, 6.45) is -11.4. The summed E-state index contributed by atoms with van der Waals surface area (Å²) in [6, 6.07) is 3.28. The number of phenols is 1. The fourth-order valence-corrected chi connectivity index (χ4v) is 3.61. The molecule has 35 heavy (non-hydrogen) atoms. The highest BCUT2D eigenvalue weighted by atomic mass is 16.7.